The SMILES string of the molecule is Cc1ccc(-c2cc(-c3ccccc3)c3cc(-c4ccc5nc(-c6ccc(C)s6)cc(-c6ccccc6)c5c4)ccc3n2)s1. The number of rotatable bonds is 5. The quantitative estimate of drug-likeness (QED) is 0.196. The summed E-state index contributed by atoms with van der Waals surface area (Å²) in [4.78, 5) is 15.2. The predicted molar refractivity (Wildman–Crippen MR) is 189 cm³/mol. The normalized spacial score (nSPS) is 11.4. The van der Waals surface area contributed by atoms with E-state index in [9.17, 15) is 0 Å². The fourth-order valence-electron chi connectivity index (χ4n) is 5.92. The summed E-state index contributed by atoms with van der Waals surface area (Å²) in [5.74, 6) is 0. The Bertz CT molecular complexity index is 2130. The van der Waals surface area contributed by atoms with Gasteiger partial charge < -0.3 is 0 Å². The summed E-state index contributed by atoms with van der Waals surface area (Å²) in [6.07, 6.45) is 0. The number of fused-ring (bicyclic) bond motifs is 2. The number of nitrogens with zero attached hydrogens (tertiary/aromatic N) is 2. The van der Waals surface area contributed by atoms with Gasteiger partial charge in [-0.25, -0.2) is 9.97 Å². The van der Waals surface area contributed by atoms with Gasteiger partial charge in [-0.3, -0.25) is 0 Å². The van der Waals surface area contributed by atoms with Crippen molar-refractivity contribution in [3.05, 3.63) is 143 Å². The summed E-state index contributed by atoms with van der Waals surface area (Å²) in [6, 6.07) is 47.8. The number of hydrogen-bond donors (Lipinski definition) is 0. The zero-order valence-corrected chi connectivity index (χ0v) is 26.0. The molecule has 4 heterocycles. The van der Waals surface area contributed by atoms with E-state index in [4.69, 9.17) is 9.97 Å². The minimum atomic E-state index is 1.000. The average molecular weight is 601 g/mol. The average Bonchev–Trinajstić information content (AvgIpc) is 3.72. The van der Waals surface area contributed by atoms with Gasteiger partial charge in [0.2, 0.25) is 0 Å². The molecular weight excluding hydrogens is 573 g/mol. The molecular formula is C40H28N2S2. The van der Waals surface area contributed by atoms with Crippen LogP contribution in [0.15, 0.2) is 133 Å². The van der Waals surface area contributed by atoms with Gasteiger partial charge in [0.1, 0.15) is 0 Å². The van der Waals surface area contributed by atoms with Crippen molar-refractivity contribution in [3.8, 4) is 54.5 Å². The Morgan fingerprint density at radius 2 is 0.841 bits per heavy atom. The van der Waals surface area contributed by atoms with Crippen LogP contribution in [0.4, 0.5) is 0 Å². The zero-order chi connectivity index (χ0) is 29.6. The Balaban J connectivity index is 1.31. The fourth-order valence-corrected chi connectivity index (χ4v) is 7.58. The molecule has 0 N–H and O–H groups in total. The lowest BCUT2D eigenvalue weighted by Crippen LogP contribution is -1.91. The number of thiophene rings is 2. The minimum absolute atomic E-state index is 1.000. The van der Waals surface area contributed by atoms with E-state index in [0.717, 1.165) is 44.3 Å². The second-order valence-corrected chi connectivity index (χ2v) is 13.7. The predicted octanol–water partition coefficient (Wildman–Crippen LogP) is 11.9. The second kappa shape index (κ2) is 11.0. The highest BCUT2D eigenvalue weighted by atomic mass is 32.1. The molecule has 0 fully saturated rings. The first-order valence-electron chi connectivity index (χ1n) is 14.7. The van der Waals surface area contributed by atoms with E-state index < -0.39 is 0 Å². The summed E-state index contributed by atoms with van der Waals surface area (Å²) < 4.78 is 0. The smallest absolute Gasteiger partial charge is 0.0815 e. The molecule has 0 unspecified atom stereocenters. The van der Waals surface area contributed by atoms with Crippen molar-refractivity contribution in [3.63, 3.8) is 0 Å². The van der Waals surface area contributed by atoms with Crippen molar-refractivity contribution in [2.24, 2.45) is 0 Å². The molecule has 44 heavy (non-hydrogen) atoms. The maximum atomic E-state index is 5.13. The standard InChI is InChI=1S/C40H28N2S2/c1-25-13-19-39(43-25)37-23-31(27-9-5-3-6-10-27)33-21-29(15-17-35(33)41-37)30-16-18-36-34(22-30)32(28-11-7-4-8-12-28)24-38(42-36)40-20-14-26(2)44-40/h3-24H,1-2H3. The van der Waals surface area contributed by atoms with Crippen LogP contribution < -0.4 is 0 Å². The van der Waals surface area contributed by atoms with Crippen LogP contribution in [0.5, 0.6) is 0 Å². The Morgan fingerprint density at radius 3 is 1.23 bits per heavy atom. The van der Waals surface area contributed by atoms with E-state index in [1.807, 2.05) is 0 Å². The molecule has 8 rings (SSSR count). The lowest BCUT2D eigenvalue weighted by Gasteiger charge is -2.13. The van der Waals surface area contributed by atoms with Crippen LogP contribution in [-0.2, 0) is 0 Å². The third-order valence-electron chi connectivity index (χ3n) is 8.11. The van der Waals surface area contributed by atoms with E-state index in [2.05, 4.69) is 147 Å². The molecule has 4 aromatic carbocycles. The molecule has 0 atom stereocenters. The lowest BCUT2D eigenvalue weighted by atomic mass is 9.94. The van der Waals surface area contributed by atoms with Crippen LogP contribution in [0.2, 0.25) is 0 Å². The molecule has 4 heteroatoms. The van der Waals surface area contributed by atoms with Gasteiger partial charge in [0.05, 0.1) is 32.2 Å². The van der Waals surface area contributed by atoms with Crippen molar-refractivity contribution in [2.45, 2.75) is 13.8 Å². The van der Waals surface area contributed by atoms with Gasteiger partial charge in [-0.1, -0.05) is 72.8 Å². The number of aryl methyl sites for hydroxylation is 2. The van der Waals surface area contributed by atoms with Crippen molar-refractivity contribution in [1.29, 1.82) is 0 Å². The van der Waals surface area contributed by atoms with Gasteiger partial charge in [-0.2, -0.15) is 0 Å². The first-order chi connectivity index (χ1) is 21.6. The summed E-state index contributed by atoms with van der Waals surface area (Å²) >= 11 is 3.57. The first-order valence-corrected chi connectivity index (χ1v) is 16.4. The Labute approximate surface area is 265 Å². The van der Waals surface area contributed by atoms with Crippen molar-refractivity contribution < 1.29 is 0 Å². The summed E-state index contributed by atoms with van der Waals surface area (Å²) in [6.45, 7) is 4.29. The van der Waals surface area contributed by atoms with Crippen LogP contribution in [0.25, 0.3) is 76.3 Å². The molecule has 4 aromatic heterocycles. The molecule has 210 valence electrons. The highest BCUT2D eigenvalue weighted by Gasteiger charge is 2.15. The molecule has 0 aliphatic heterocycles. The molecule has 0 saturated carbocycles. The molecule has 0 aliphatic carbocycles. The number of hydrogen-bond acceptors (Lipinski definition) is 4. The largest absolute Gasteiger partial charge is 0.247 e. The van der Waals surface area contributed by atoms with E-state index in [0.29, 0.717) is 0 Å². The molecule has 0 spiro atoms. The van der Waals surface area contributed by atoms with E-state index in [1.54, 1.807) is 22.7 Å². The van der Waals surface area contributed by atoms with Crippen LogP contribution in [0.3, 0.4) is 0 Å². The molecule has 0 radical (unpaired) electrons. The molecule has 0 saturated heterocycles. The van der Waals surface area contributed by atoms with Crippen molar-refractivity contribution in [2.75, 3.05) is 0 Å². The summed E-state index contributed by atoms with van der Waals surface area (Å²) in [5.41, 5.74) is 11.1. The summed E-state index contributed by atoms with van der Waals surface area (Å²) in [7, 11) is 0. The number of aromatic nitrogens is 2. The third-order valence-corrected chi connectivity index (χ3v) is 10.2. The van der Waals surface area contributed by atoms with Crippen LogP contribution in [0, 0.1) is 13.8 Å². The van der Waals surface area contributed by atoms with Crippen LogP contribution >= 0.6 is 22.7 Å². The maximum absolute atomic E-state index is 5.13. The van der Waals surface area contributed by atoms with Crippen LogP contribution in [-0.4, -0.2) is 9.97 Å². The maximum Gasteiger partial charge on any atom is 0.0815 e. The Kier molecular flexibility index (Phi) is 6.67. The minimum Gasteiger partial charge on any atom is -0.247 e. The first kappa shape index (κ1) is 26.7. The van der Waals surface area contributed by atoms with Gasteiger partial charge >= 0.3 is 0 Å². The monoisotopic (exact) mass is 600 g/mol. The van der Waals surface area contributed by atoms with E-state index in [1.165, 1.54) is 41.8 Å². The van der Waals surface area contributed by atoms with E-state index >= 15 is 0 Å². The topological polar surface area (TPSA) is 25.8 Å². The van der Waals surface area contributed by atoms with Gasteiger partial charge in [0.25, 0.3) is 0 Å². The van der Waals surface area contributed by atoms with Gasteiger partial charge in [-0.15, -0.1) is 22.7 Å². The highest BCUT2D eigenvalue weighted by Crippen LogP contribution is 2.39. The zero-order valence-electron chi connectivity index (χ0n) is 24.4. The lowest BCUT2D eigenvalue weighted by molar-refractivity contribution is 1.41. The Morgan fingerprint density at radius 1 is 0.409 bits per heavy atom. The third kappa shape index (κ3) is 4.92. The molecule has 0 amide bonds. The van der Waals surface area contributed by atoms with Gasteiger partial charge in [0, 0.05) is 20.5 Å². The second-order valence-electron chi connectivity index (χ2n) is 11.1. The number of benzene rings is 4. The highest BCUT2D eigenvalue weighted by molar-refractivity contribution is 7.15. The Hall–Kier alpha value is -4.90. The van der Waals surface area contributed by atoms with E-state index in [-0.39, 0.29) is 0 Å². The van der Waals surface area contributed by atoms with Gasteiger partial charge in [0.15, 0.2) is 0 Å². The summed E-state index contributed by atoms with van der Waals surface area (Å²) in [5, 5.41) is 2.30. The number of pyridine rings is 2. The molecule has 2 nitrogen and oxygen atoms in total. The fraction of sp³-hybridized carbons (Fsp3) is 0.0500. The molecule has 8 aromatic rings. The van der Waals surface area contributed by atoms with Crippen molar-refractivity contribution >= 4 is 44.5 Å². The van der Waals surface area contributed by atoms with Gasteiger partial charge in [-0.05, 0) is 108 Å². The molecule has 0 aliphatic rings. The molecule has 0 bridgehead atoms. The van der Waals surface area contributed by atoms with Crippen molar-refractivity contribution in [1.82, 2.24) is 9.97 Å². The van der Waals surface area contributed by atoms with Crippen LogP contribution in [0.1, 0.15) is 9.75 Å².